The van der Waals surface area contributed by atoms with Crippen LogP contribution in [0.4, 0.5) is 10.8 Å². The van der Waals surface area contributed by atoms with Gasteiger partial charge in [0.1, 0.15) is 5.69 Å². The summed E-state index contributed by atoms with van der Waals surface area (Å²) in [6.07, 6.45) is 0. The fourth-order valence-electron chi connectivity index (χ4n) is 2.99. The third-order valence-electron chi connectivity index (χ3n) is 4.31. The van der Waals surface area contributed by atoms with E-state index in [1.165, 1.54) is 11.3 Å². The number of azo groups is 1. The molecule has 0 aliphatic rings. The molecule has 30 heavy (non-hydrogen) atoms. The molecule has 0 atom stereocenters. The van der Waals surface area contributed by atoms with Crippen LogP contribution in [0.15, 0.2) is 75.2 Å². The van der Waals surface area contributed by atoms with Gasteiger partial charge in [-0.3, -0.25) is 5.10 Å². The van der Waals surface area contributed by atoms with Gasteiger partial charge in [0.2, 0.25) is 0 Å². The van der Waals surface area contributed by atoms with Gasteiger partial charge in [-0.2, -0.15) is 14.7 Å². The summed E-state index contributed by atoms with van der Waals surface area (Å²) in [5.74, 6) is 1.64. The summed E-state index contributed by atoms with van der Waals surface area (Å²) in [6.45, 7) is 2.07. The SMILES string of the molecule is CCSc1nnc(N=Nc2c(-c3ccccc3)nn3c(-c4ccccc4)n[nH]c23)s1. The number of aromatic nitrogens is 6. The van der Waals surface area contributed by atoms with E-state index >= 15 is 0 Å². The molecule has 1 N–H and O–H groups in total. The Morgan fingerprint density at radius 2 is 1.70 bits per heavy atom. The van der Waals surface area contributed by atoms with Gasteiger partial charge in [0.05, 0.1) is 0 Å². The summed E-state index contributed by atoms with van der Waals surface area (Å²) in [7, 11) is 0. The van der Waals surface area contributed by atoms with Crippen molar-refractivity contribution in [1.82, 2.24) is 30.0 Å². The minimum absolute atomic E-state index is 0.507. The molecule has 0 fully saturated rings. The second-order valence-corrected chi connectivity index (χ2v) is 8.69. The van der Waals surface area contributed by atoms with E-state index in [0.29, 0.717) is 22.3 Å². The minimum Gasteiger partial charge on any atom is -0.257 e. The van der Waals surface area contributed by atoms with Crippen molar-refractivity contribution in [3.05, 3.63) is 60.7 Å². The average Bonchev–Trinajstić information content (AvgIpc) is 3.49. The standard InChI is InChI=1S/C20H16N8S2/c1-2-29-20-26-25-19(30-20)24-21-16-15(13-9-5-3-6-10-13)27-28-17(22-23-18(16)28)14-11-7-4-8-12-14/h3-12,23H,2H2,1H3. The first kappa shape index (κ1) is 18.6. The van der Waals surface area contributed by atoms with Crippen molar-refractivity contribution in [2.45, 2.75) is 11.3 Å². The van der Waals surface area contributed by atoms with Crippen molar-refractivity contribution < 1.29 is 0 Å². The van der Waals surface area contributed by atoms with Crippen molar-refractivity contribution >= 4 is 39.6 Å². The molecule has 8 nitrogen and oxygen atoms in total. The molecule has 0 saturated carbocycles. The Morgan fingerprint density at radius 3 is 2.43 bits per heavy atom. The Hall–Kier alpha value is -3.37. The molecule has 3 aromatic heterocycles. The molecule has 148 valence electrons. The van der Waals surface area contributed by atoms with Crippen LogP contribution in [0.25, 0.3) is 28.3 Å². The highest BCUT2D eigenvalue weighted by Gasteiger charge is 2.20. The Morgan fingerprint density at radius 1 is 0.967 bits per heavy atom. The van der Waals surface area contributed by atoms with Crippen LogP contribution in [0, 0.1) is 0 Å². The molecule has 0 amide bonds. The number of hydrogen-bond donors (Lipinski definition) is 1. The molecule has 3 heterocycles. The van der Waals surface area contributed by atoms with Crippen LogP contribution >= 0.6 is 23.1 Å². The largest absolute Gasteiger partial charge is 0.257 e. The topological polar surface area (TPSA) is 96.5 Å². The molecule has 5 rings (SSSR count). The van der Waals surface area contributed by atoms with E-state index in [-0.39, 0.29) is 0 Å². The minimum atomic E-state index is 0.507. The number of nitrogens with zero attached hydrogens (tertiary/aromatic N) is 7. The lowest BCUT2D eigenvalue weighted by molar-refractivity contribution is 0.970. The lowest BCUT2D eigenvalue weighted by atomic mass is 10.1. The molecule has 0 spiro atoms. The van der Waals surface area contributed by atoms with Gasteiger partial charge in [0.15, 0.2) is 21.5 Å². The van der Waals surface area contributed by atoms with Crippen LogP contribution < -0.4 is 0 Å². The van der Waals surface area contributed by atoms with Crippen LogP contribution in [0.5, 0.6) is 0 Å². The fourth-order valence-corrected chi connectivity index (χ4v) is 4.55. The highest BCUT2D eigenvalue weighted by atomic mass is 32.2. The highest BCUT2D eigenvalue weighted by molar-refractivity contribution is 8.01. The maximum Gasteiger partial charge on any atom is 0.252 e. The van der Waals surface area contributed by atoms with E-state index in [0.717, 1.165) is 26.9 Å². The van der Waals surface area contributed by atoms with E-state index in [4.69, 9.17) is 5.10 Å². The third kappa shape index (κ3) is 3.51. The Balaban J connectivity index is 1.63. The molecule has 0 saturated heterocycles. The molecule has 10 heteroatoms. The van der Waals surface area contributed by atoms with Crippen molar-refractivity contribution in [2.24, 2.45) is 10.2 Å². The second kappa shape index (κ2) is 8.17. The summed E-state index contributed by atoms with van der Waals surface area (Å²) in [5.41, 5.74) is 3.90. The van der Waals surface area contributed by atoms with Crippen molar-refractivity contribution in [1.29, 1.82) is 0 Å². The number of benzene rings is 2. The van der Waals surface area contributed by atoms with Crippen molar-refractivity contribution in [3.8, 4) is 22.6 Å². The number of aromatic amines is 1. The summed E-state index contributed by atoms with van der Waals surface area (Å²) in [5, 5.41) is 29.9. The maximum atomic E-state index is 4.80. The predicted molar refractivity (Wildman–Crippen MR) is 119 cm³/mol. The summed E-state index contributed by atoms with van der Waals surface area (Å²) < 4.78 is 2.65. The molecule has 0 radical (unpaired) electrons. The quantitative estimate of drug-likeness (QED) is 0.271. The van der Waals surface area contributed by atoms with Crippen LogP contribution in [0.1, 0.15) is 6.92 Å². The second-order valence-electron chi connectivity index (χ2n) is 6.22. The van der Waals surface area contributed by atoms with Gasteiger partial charge < -0.3 is 0 Å². The number of nitrogens with one attached hydrogen (secondary N) is 1. The monoisotopic (exact) mass is 432 g/mol. The smallest absolute Gasteiger partial charge is 0.252 e. The fraction of sp³-hybridized carbons (Fsp3) is 0.100. The van der Waals surface area contributed by atoms with Crippen LogP contribution in [0.3, 0.4) is 0 Å². The lowest BCUT2D eigenvalue weighted by Gasteiger charge is -1.98. The van der Waals surface area contributed by atoms with E-state index in [1.807, 2.05) is 60.7 Å². The lowest BCUT2D eigenvalue weighted by Crippen LogP contribution is -1.90. The van der Waals surface area contributed by atoms with Crippen LogP contribution in [-0.4, -0.2) is 35.8 Å². The van der Waals surface area contributed by atoms with E-state index in [9.17, 15) is 0 Å². The first-order valence-corrected chi connectivity index (χ1v) is 11.1. The van der Waals surface area contributed by atoms with E-state index in [1.54, 1.807) is 16.3 Å². The van der Waals surface area contributed by atoms with Gasteiger partial charge in [-0.25, -0.2) is 0 Å². The Kier molecular flexibility index (Phi) is 5.08. The Labute approximate surface area is 180 Å². The first-order valence-electron chi connectivity index (χ1n) is 9.29. The van der Waals surface area contributed by atoms with Gasteiger partial charge in [0, 0.05) is 11.1 Å². The van der Waals surface area contributed by atoms with Crippen LogP contribution in [0.2, 0.25) is 0 Å². The van der Waals surface area contributed by atoms with E-state index in [2.05, 4.69) is 37.5 Å². The van der Waals surface area contributed by atoms with Gasteiger partial charge >= 0.3 is 0 Å². The van der Waals surface area contributed by atoms with Gasteiger partial charge in [-0.1, -0.05) is 90.7 Å². The van der Waals surface area contributed by atoms with Crippen molar-refractivity contribution in [2.75, 3.05) is 5.75 Å². The number of fused-ring (bicyclic) bond motifs is 1. The van der Waals surface area contributed by atoms with Crippen molar-refractivity contribution in [3.63, 3.8) is 0 Å². The molecular formula is C20H16N8S2. The molecule has 0 aliphatic carbocycles. The summed E-state index contributed by atoms with van der Waals surface area (Å²) in [6, 6.07) is 19.8. The van der Waals surface area contributed by atoms with Gasteiger partial charge in [-0.05, 0) is 5.75 Å². The zero-order valence-corrected chi connectivity index (χ0v) is 17.6. The number of rotatable bonds is 6. The zero-order chi connectivity index (χ0) is 20.3. The molecule has 5 aromatic rings. The van der Waals surface area contributed by atoms with Gasteiger partial charge in [-0.15, -0.1) is 20.4 Å². The predicted octanol–water partition coefficient (Wildman–Crippen LogP) is 5.77. The van der Waals surface area contributed by atoms with E-state index < -0.39 is 0 Å². The normalized spacial score (nSPS) is 11.6. The van der Waals surface area contributed by atoms with Gasteiger partial charge in [0.25, 0.3) is 5.13 Å². The third-order valence-corrected chi connectivity index (χ3v) is 6.13. The maximum absolute atomic E-state index is 4.80. The molecular weight excluding hydrogens is 416 g/mol. The average molecular weight is 433 g/mol. The highest BCUT2D eigenvalue weighted by Crippen LogP contribution is 2.36. The zero-order valence-electron chi connectivity index (χ0n) is 15.9. The number of thioether (sulfide) groups is 1. The first-order chi connectivity index (χ1) is 14.8. The number of H-pyrrole nitrogens is 1. The summed E-state index contributed by atoms with van der Waals surface area (Å²) in [4.78, 5) is 0. The Bertz CT molecular complexity index is 1300. The summed E-state index contributed by atoms with van der Waals surface area (Å²) >= 11 is 3.05. The number of hydrogen-bond acceptors (Lipinski definition) is 8. The molecule has 0 aliphatic heterocycles. The molecule has 0 unspecified atom stereocenters. The van der Waals surface area contributed by atoms with Crippen LogP contribution in [-0.2, 0) is 0 Å². The molecule has 2 aromatic carbocycles. The molecule has 0 bridgehead atoms.